The summed E-state index contributed by atoms with van der Waals surface area (Å²) in [7, 11) is 3.84. The van der Waals surface area contributed by atoms with Crippen LogP contribution in [0.15, 0.2) is 48.5 Å². The molecule has 2 nitrogen and oxygen atoms in total. The van der Waals surface area contributed by atoms with Gasteiger partial charge in [0.25, 0.3) is 0 Å². The van der Waals surface area contributed by atoms with E-state index in [-0.39, 0.29) is 0 Å². The van der Waals surface area contributed by atoms with E-state index in [1.165, 1.54) is 22.5 Å². The van der Waals surface area contributed by atoms with E-state index in [1.54, 1.807) is 7.11 Å². The maximum absolute atomic E-state index is 5.46. The first kappa shape index (κ1) is 11.0. The Morgan fingerprint density at radius 3 is 2.50 bits per heavy atom. The third-order valence-electron chi connectivity index (χ3n) is 3.53. The first-order valence-electron chi connectivity index (χ1n) is 6.12. The van der Waals surface area contributed by atoms with Gasteiger partial charge in [0, 0.05) is 11.6 Å². The molecule has 2 heteroatoms. The van der Waals surface area contributed by atoms with E-state index >= 15 is 0 Å². The molecule has 1 aliphatic rings. The average molecular weight is 238 g/mol. The summed E-state index contributed by atoms with van der Waals surface area (Å²) in [5, 5.41) is 0. The van der Waals surface area contributed by atoms with Crippen molar-refractivity contribution in [3.8, 4) is 5.75 Å². The van der Waals surface area contributed by atoms with Crippen molar-refractivity contribution in [2.24, 2.45) is 0 Å². The molecule has 1 aliphatic heterocycles. The van der Waals surface area contributed by atoms with Crippen molar-refractivity contribution in [3.63, 3.8) is 0 Å². The highest BCUT2D eigenvalue weighted by Crippen LogP contribution is 2.30. The Balaban J connectivity index is 2.13. The fourth-order valence-corrected chi connectivity index (χ4v) is 2.59. The predicted molar refractivity (Wildman–Crippen MR) is 73.1 cm³/mol. The topological polar surface area (TPSA) is 12.2 Å². The Labute approximate surface area is 107 Å². The smallest absolute Gasteiger partial charge is 0.208 e. The number of para-hydroxylation sites is 2. The molecule has 0 N–H and O–H groups in total. The first-order chi connectivity index (χ1) is 8.81. The second-order valence-corrected chi connectivity index (χ2v) is 4.51. The Morgan fingerprint density at radius 1 is 1.00 bits per heavy atom. The molecular formula is C16H16NO+. The van der Waals surface area contributed by atoms with Gasteiger partial charge >= 0.3 is 0 Å². The van der Waals surface area contributed by atoms with Gasteiger partial charge in [0.2, 0.25) is 5.69 Å². The lowest BCUT2D eigenvalue weighted by molar-refractivity contribution is -0.401. The maximum atomic E-state index is 5.46. The third kappa shape index (κ3) is 1.61. The molecule has 0 radical (unpaired) electrons. The minimum atomic E-state index is 0.937. The highest BCUT2D eigenvalue weighted by Gasteiger charge is 2.29. The number of fused-ring (bicyclic) bond motifs is 1. The molecule has 0 saturated carbocycles. The van der Waals surface area contributed by atoms with Gasteiger partial charge in [-0.15, -0.1) is 0 Å². The molecule has 0 unspecified atom stereocenters. The van der Waals surface area contributed by atoms with Crippen LogP contribution in [0.5, 0.6) is 5.75 Å². The molecule has 2 aromatic carbocycles. The molecule has 3 rings (SSSR count). The zero-order valence-electron chi connectivity index (χ0n) is 10.7. The minimum absolute atomic E-state index is 0.937. The fourth-order valence-electron chi connectivity index (χ4n) is 2.59. The minimum Gasteiger partial charge on any atom is -0.496 e. The molecule has 0 aliphatic carbocycles. The van der Waals surface area contributed by atoms with Gasteiger partial charge in [-0.3, -0.25) is 0 Å². The predicted octanol–water partition coefficient (Wildman–Crippen LogP) is 3.01. The molecule has 0 spiro atoms. The van der Waals surface area contributed by atoms with Crippen molar-refractivity contribution in [1.29, 1.82) is 0 Å². The van der Waals surface area contributed by atoms with Gasteiger partial charge in [-0.2, -0.15) is 4.58 Å². The molecule has 0 saturated heterocycles. The molecule has 0 bridgehead atoms. The van der Waals surface area contributed by atoms with Crippen LogP contribution in [0.4, 0.5) is 5.69 Å². The number of benzene rings is 2. The molecule has 90 valence electrons. The van der Waals surface area contributed by atoms with Crippen molar-refractivity contribution in [2.75, 3.05) is 14.2 Å². The van der Waals surface area contributed by atoms with Crippen molar-refractivity contribution >= 4 is 11.4 Å². The van der Waals surface area contributed by atoms with Gasteiger partial charge in [0.05, 0.1) is 19.1 Å². The monoisotopic (exact) mass is 238 g/mol. The fraction of sp³-hybridized carbons (Fsp3) is 0.188. The van der Waals surface area contributed by atoms with Gasteiger partial charge in [-0.05, 0) is 12.1 Å². The molecule has 0 atom stereocenters. The van der Waals surface area contributed by atoms with Crippen LogP contribution in [0.1, 0.15) is 11.1 Å². The molecule has 0 aromatic heterocycles. The lowest BCUT2D eigenvalue weighted by Crippen LogP contribution is -2.11. The van der Waals surface area contributed by atoms with Crippen LogP contribution in [-0.4, -0.2) is 24.4 Å². The highest BCUT2D eigenvalue weighted by molar-refractivity contribution is 6.03. The van der Waals surface area contributed by atoms with Crippen LogP contribution in [0.2, 0.25) is 0 Å². The summed E-state index contributed by atoms with van der Waals surface area (Å²) in [5.74, 6) is 0.937. The Hall–Kier alpha value is -2.09. The van der Waals surface area contributed by atoms with E-state index in [9.17, 15) is 0 Å². The Morgan fingerprint density at radius 2 is 1.72 bits per heavy atom. The summed E-state index contributed by atoms with van der Waals surface area (Å²) in [6, 6.07) is 16.7. The van der Waals surface area contributed by atoms with Crippen LogP contribution < -0.4 is 4.74 Å². The van der Waals surface area contributed by atoms with E-state index in [2.05, 4.69) is 48.0 Å². The summed E-state index contributed by atoms with van der Waals surface area (Å²) in [6.07, 6.45) is 0.965. The Kier molecular flexibility index (Phi) is 2.63. The van der Waals surface area contributed by atoms with E-state index < -0.39 is 0 Å². The standard InChI is InChI=1S/C16H16NO/c1-17-14-9-5-3-7-12(14)11-15(17)13-8-4-6-10-16(13)18-2/h3-10H,11H2,1-2H3/q+1. The van der Waals surface area contributed by atoms with Gasteiger partial charge < -0.3 is 4.74 Å². The Bertz CT molecular complexity index is 628. The molecule has 0 amide bonds. The zero-order chi connectivity index (χ0) is 12.5. The van der Waals surface area contributed by atoms with Crippen molar-refractivity contribution < 1.29 is 9.31 Å². The first-order valence-corrected chi connectivity index (χ1v) is 6.12. The van der Waals surface area contributed by atoms with Gasteiger partial charge in [0.15, 0.2) is 5.71 Å². The second-order valence-electron chi connectivity index (χ2n) is 4.51. The number of hydrogen-bond donors (Lipinski definition) is 0. The third-order valence-corrected chi connectivity index (χ3v) is 3.53. The number of methoxy groups -OCH3 is 1. The van der Waals surface area contributed by atoms with Crippen LogP contribution in [0.3, 0.4) is 0 Å². The van der Waals surface area contributed by atoms with Crippen molar-refractivity contribution in [3.05, 3.63) is 59.7 Å². The van der Waals surface area contributed by atoms with E-state index in [0.717, 1.165) is 12.2 Å². The van der Waals surface area contributed by atoms with Crippen LogP contribution in [0.25, 0.3) is 0 Å². The van der Waals surface area contributed by atoms with E-state index in [1.807, 2.05) is 12.1 Å². The lowest BCUT2D eigenvalue weighted by atomic mass is 10.0. The number of rotatable bonds is 2. The normalized spacial score (nSPS) is 13.7. The van der Waals surface area contributed by atoms with E-state index in [4.69, 9.17) is 4.74 Å². The molecule has 1 heterocycles. The SMILES string of the molecule is COc1ccccc1C1=[N+](C)c2ccccc2C1. The maximum Gasteiger partial charge on any atom is 0.208 e. The summed E-state index contributed by atoms with van der Waals surface area (Å²) in [5.41, 5.74) is 5.15. The van der Waals surface area contributed by atoms with Crippen LogP contribution in [0, 0.1) is 0 Å². The summed E-state index contributed by atoms with van der Waals surface area (Å²) < 4.78 is 7.71. The van der Waals surface area contributed by atoms with Gasteiger partial charge in [-0.25, -0.2) is 0 Å². The number of ether oxygens (including phenoxy) is 1. The molecule has 18 heavy (non-hydrogen) atoms. The quantitative estimate of drug-likeness (QED) is 0.732. The largest absolute Gasteiger partial charge is 0.496 e. The highest BCUT2D eigenvalue weighted by atomic mass is 16.5. The number of hydrogen-bond acceptors (Lipinski definition) is 1. The zero-order valence-corrected chi connectivity index (χ0v) is 10.7. The summed E-state index contributed by atoms with van der Waals surface area (Å²) in [4.78, 5) is 0. The van der Waals surface area contributed by atoms with Crippen molar-refractivity contribution in [1.82, 2.24) is 0 Å². The summed E-state index contributed by atoms with van der Waals surface area (Å²) in [6.45, 7) is 0. The molecule has 0 fully saturated rings. The van der Waals surface area contributed by atoms with Gasteiger partial charge in [0.1, 0.15) is 12.8 Å². The van der Waals surface area contributed by atoms with Crippen LogP contribution in [-0.2, 0) is 6.42 Å². The summed E-state index contributed by atoms with van der Waals surface area (Å²) >= 11 is 0. The molecule has 2 aromatic rings. The number of nitrogens with zero attached hydrogens (tertiary/aromatic N) is 1. The van der Waals surface area contributed by atoms with Gasteiger partial charge in [-0.1, -0.05) is 30.3 Å². The second kappa shape index (κ2) is 4.30. The molecular weight excluding hydrogens is 222 g/mol. The average Bonchev–Trinajstić information content (AvgIpc) is 2.76. The van der Waals surface area contributed by atoms with Crippen molar-refractivity contribution in [2.45, 2.75) is 6.42 Å². The van der Waals surface area contributed by atoms with E-state index in [0.29, 0.717) is 0 Å². The van der Waals surface area contributed by atoms with Crippen LogP contribution >= 0.6 is 0 Å². The lowest BCUT2D eigenvalue weighted by Gasteiger charge is -2.05.